The van der Waals surface area contributed by atoms with Gasteiger partial charge in [-0.05, 0) is 92.5 Å². The van der Waals surface area contributed by atoms with Crippen LogP contribution in [0.25, 0.3) is 66.0 Å². The smallest absolute Gasteiger partial charge is 0.129 e. The van der Waals surface area contributed by atoms with Gasteiger partial charge in [0.05, 0.1) is 5.58 Å². The number of nitrogens with zero attached hydrogens (tertiary/aromatic N) is 2. The Balaban J connectivity index is 0.000000267. The largest absolute Gasteiger partial charge is 0.500 e. The number of hydrogen-bond donors (Lipinski definition) is 0. The van der Waals surface area contributed by atoms with Crippen molar-refractivity contribution < 1.29 is 38.2 Å². The molecule has 0 amide bonds. The molecule has 3 nitrogen and oxygen atoms in total. The van der Waals surface area contributed by atoms with Gasteiger partial charge in [-0.1, -0.05) is 140 Å². The van der Waals surface area contributed by atoms with Crippen molar-refractivity contribution in [2.45, 2.75) is 99.6 Å². The number of hydrogen-bond acceptors (Lipinski definition) is 3. The molecule has 0 aliphatic heterocycles. The van der Waals surface area contributed by atoms with E-state index >= 15 is 0 Å². The minimum absolute atomic E-state index is 0. The summed E-state index contributed by atoms with van der Waals surface area (Å²) in [6.07, 6.45) is 5.15. The quantitative estimate of drug-likeness (QED) is 0.131. The van der Waals surface area contributed by atoms with E-state index in [2.05, 4.69) is 76.6 Å². The van der Waals surface area contributed by atoms with E-state index in [9.17, 15) is 1.37 Å². The Kier molecular flexibility index (Phi) is 7.92. The van der Waals surface area contributed by atoms with Crippen LogP contribution < -0.4 is 0 Å². The van der Waals surface area contributed by atoms with Crippen LogP contribution in [0.4, 0.5) is 0 Å². The van der Waals surface area contributed by atoms with Crippen molar-refractivity contribution in [3.05, 3.63) is 143 Å². The average molecular weight is 937 g/mol. The molecule has 0 atom stereocenters. The van der Waals surface area contributed by atoms with E-state index in [1.54, 1.807) is 18.2 Å². The van der Waals surface area contributed by atoms with Crippen molar-refractivity contribution in [2.75, 3.05) is 0 Å². The summed E-state index contributed by atoms with van der Waals surface area (Å²) in [4.78, 5) is 9.06. The zero-order valence-corrected chi connectivity index (χ0v) is 36.0. The summed E-state index contributed by atoms with van der Waals surface area (Å²) >= 11 is 0. The van der Waals surface area contributed by atoms with Crippen LogP contribution in [-0.2, 0) is 25.5 Å². The average Bonchev–Trinajstić information content (AvgIpc) is 3.60. The van der Waals surface area contributed by atoms with Crippen molar-refractivity contribution in [3.63, 3.8) is 0 Å². The molecule has 9 rings (SSSR count). The maximum absolute atomic E-state index is 9.80. The van der Waals surface area contributed by atoms with Gasteiger partial charge < -0.3 is 14.4 Å². The third-order valence-corrected chi connectivity index (χ3v) is 11.0. The second-order valence-electron chi connectivity index (χ2n) is 18.0. The zero-order valence-electron chi connectivity index (χ0n) is 43.6. The summed E-state index contributed by atoms with van der Waals surface area (Å²) in [7, 11) is 0. The van der Waals surface area contributed by atoms with Crippen LogP contribution >= 0.6 is 0 Å². The second-order valence-corrected chi connectivity index (χ2v) is 18.0. The van der Waals surface area contributed by atoms with Gasteiger partial charge in [0, 0.05) is 57.0 Å². The van der Waals surface area contributed by atoms with Crippen LogP contribution in [0.3, 0.4) is 0 Å². The van der Waals surface area contributed by atoms with E-state index in [4.69, 9.17) is 16.8 Å². The molecule has 1 aliphatic rings. The Hall–Kier alpha value is -4.63. The molecule has 1 fully saturated rings. The first-order valence-electron chi connectivity index (χ1n) is 24.3. The molecule has 0 unspecified atom stereocenters. The summed E-state index contributed by atoms with van der Waals surface area (Å²) in [5.74, 6) is -1.17. The first kappa shape index (κ1) is 29.6. The first-order valence-corrected chi connectivity index (χ1v) is 19.3. The van der Waals surface area contributed by atoms with Crippen molar-refractivity contribution in [1.29, 1.82) is 0 Å². The topological polar surface area (TPSA) is 38.9 Å². The molecule has 0 saturated heterocycles. The van der Waals surface area contributed by atoms with Crippen LogP contribution in [0.15, 0.2) is 108 Å². The summed E-state index contributed by atoms with van der Waals surface area (Å²) in [5, 5.41) is 5.02. The van der Waals surface area contributed by atoms with E-state index in [-0.39, 0.29) is 47.5 Å². The van der Waals surface area contributed by atoms with Gasteiger partial charge in [-0.2, -0.15) is 0 Å². The van der Waals surface area contributed by atoms with Crippen molar-refractivity contribution in [1.82, 2.24) is 9.97 Å². The molecule has 1 aliphatic carbocycles. The molecule has 8 aromatic rings. The minimum atomic E-state index is -2.47. The molecule has 4 heteroatoms. The van der Waals surface area contributed by atoms with Gasteiger partial charge in [-0.3, -0.25) is 0 Å². The van der Waals surface area contributed by atoms with Gasteiger partial charge in [-0.25, -0.2) is 0 Å². The van der Waals surface area contributed by atoms with E-state index < -0.39 is 26.4 Å². The zero-order chi connectivity index (χ0) is 48.0. The molecule has 3 heterocycles. The standard InChI is InChI=1S/C37H36NO.C16H18N.Ir/c1-22-11-15-28(31-17-30(23(2)20-38-31)26-18-36(3,4)21-37(5,6)19-26)34-32(22)29-16-14-25-13-12-24-9-7-8-10-27(24)33(25)35(29)39-34;1-12-5-7-13(8-6-12)15-10-9-14(11-17-15)16(2,3)4;/h7-14,16-17,20,26H,18-19,21H2,1-6H3;5-7,9-11H,1-4H3;/q2*-1;/i1D3,2D3,26D;1D3;. The Morgan fingerprint density at radius 2 is 1.46 bits per heavy atom. The monoisotopic (exact) mass is 937 g/mol. The van der Waals surface area contributed by atoms with E-state index in [1.807, 2.05) is 60.8 Å². The van der Waals surface area contributed by atoms with Crippen LogP contribution in [0, 0.1) is 43.5 Å². The van der Waals surface area contributed by atoms with Crippen molar-refractivity contribution >= 4 is 43.5 Å². The van der Waals surface area contributed by atoms with Gasteiger partial charge in [-0.15, -0.1) is 53.1 Å². The number of rotatable bonds is 3. The number of pyridine rings is 2. The third-order valence-electron chi connectivity index (χ3n) is 11.0. The van der Waals surface area contributed by atoms with Gasteiger partial charge in [0.15, 0.2) is 0 Å². The Labute approximate surface area is 366 Å². The number of aromatic nitrogens is 2. The van der Waals surface area contributed by atoms with Gasteiger partial charge in [0.25, 0.3) is 0 Å². The normalized spacial score (nSPS) is 19.2. The maximum Gasteiger partial charge on any atom is 0.129 e. The summed E-state index contributed by atoms with van der Waals surface area (Å²) in [6, 6.07) is 34.2. The molecular formula is C53H54IrN2O-2. The first-order chi connectivity index (χ1) is 30.5. The van der Waals surface area contributed by atoms with E-state index in [0.717, 1.165) is 39.2 Å². The van der Waals surface area contributed by atoms with Gasteiger partial charge in [0.2, 0.25) is 0 Å². The van der Waals surface area contributed by atoms with Crippen LogP contribution in [0.5, 0.6) is 0 Å². The maximum atomic E-state index is 9.80. The SMILES string of the molecule is [2H]C([2H])([2H])c1c[c-]c(-c2ccc(C(C)(C)C)cn2)cc1.[2H]C([2H])([2H])c1cnc(-c2[c-]cc(C([2H])([2H])[2H])c3c2oc2c3ccc3ccc4ccccc4c32)cc1C1([2H])CC(C)(C)CC(C)(C)C1.[Ir]. The summed E-state index contributed by atoms with van der Waals surface area (Å²) in [5.41, 5.74) is 5.12. The molecule has 293 valence electrons. The number of aryl methyl sites for hydroxylation is 3. The van der Waals surface area contributed by atoms with Gasteiger partial charge in [0.1, 0.15) is 5.58 Å². The Morgan fingerprint density at radius 3 is 2.14 bits per heavy atom. The van der Waals surface area contributed by atoms with Crippen molar-refractivity contribution in [3.8, 4) is 22.5 Å². The van der Waals surface area contributed by atoms with Crippen LogP contribution in [0.1, 0.15) is 115 Å². The summed E-state index contributed by atoms with van der Waals surface area (Å²) in [6.45, 7) is 7.99. The molecular weight excluding hydrogens is 873 g/mol. The minimum Gasteiger partial charge on any atom is -0.500 e. The van der Waals surface area contributed by atoms with E-state index in [1.165, 1.54) is 23.9 Å². The molecule has 5 aromatic carbocycles. The molecule has 57 heavy (non-hydrogen) atoms. The summed E-state index contributed by atoms with van der Waals surface area (Å²) < 4.78 is 88.7. The Morgan fingerprint density at radius 1 is 0.719 bits per heavy atom. The van der Waals surface area contributed by atoms with Crippen LogP contribution in [0.2, 0.25) is 0 Å². The fourth-order valence-electron chi connectivity index (χ4n) is 8.85. The Bertz CT molecular complexity index is 3050. The van der Waals surface area contributed by atoms with E-state index in [0.29, 0.717) is 57.2 Å². The fraction of sp³-hybridized carbons (Fsp3) is 0.321. The predicted molar refractivity (Wildman–Crippen MR) is 236 cm³/mol. The second kappa shape index (κ2) is 15.3. The number of fused-ring (bicyclic) bond motifs is 7. The molecule has 0 N–H and O–H groups in total. The predicted octanol–water partition coefficient (Wildman–Crippen LogP) is 14.8. The molecule has 1 radical (unpaired) electrons. The molecule has 0 bridgehead atoms. The fourth-order valence-corrected chi connectivity index (χ4v) is 8.85. The number of benzene rings is 5. The molecule has 1 saturated carbocycles. The van der Waals surface area contributed by atoms with Crippen LogP contribution in [-0.4, -0.2) is 9.97 Å². The third kappa shape index (κ3) is 8.09. The molecule has 0 spiro atoms. The number of furan rings is 1. The van der Waals surface area contributed by atoms with Gasteiger partial charge >= 0.3 is 0 Å². The van der Waals surface area contributed by atoms with Crippen molar-refractivity contribution in [2.24, 2.45) is 10.8 Å². The molecule has 3 aromatic heterocycles.